The van der Waals surface area contributed by atoms with Gasteiger partial charge in [-0.1, -0.05) is 35.3 Å². The Labute approximate surface area is 191 Å². The van der Waals surface area contributed by atoms with Crippen LogP contribution in [0, 0.1) is 0 Å². The molecule has 2 heterocycles. The van der Waals surface area contributed by atoms with Crippen LogP contribution in [-0.4, -0.2) is 37.9 Å². The van der Waals surface area contributed by atoms with Crippen LogP contribution in [-0.2, 0) is 24.8 Å². The first-order valence-electron chi connectivity index (χ1n) is 8.01. The number of rotatable bonds is 7. The average molecular weight is 529 g/mol. The number of thiophene rings is 1. The van der Waals surface area contributed by atoms with Gasteiger partial charge in [-0.05, 0) is 35.9 Å². The minimum absolute atomic E-state index is 0.00515. The van der Waals surface area contributed by atoms with E-state index < -0.39 is 36.0 Å². The number of hydrogen-bond acceptors (Lipinski definition) is 7. The molecular weight excluding hydrogens is 515 g/mol. The summed E-state index contributed by atoms with van der Waals surface area (Å²) < 4.78 is 54.1. The number of carboxylic acids is 1. The molecule has 0 radical (unpaired) electrons. The monoisotopic (exact) mass is 528 g/mol. The van der Waals surface area contributed by atoms with Gasteiger partial charge in [0, 0.05) is 0 Å². The van der Waals surface area contributed by atoms with Crippen molar-refractivity contribution >= 4 is 83.7 Å². The number of carboxylic acid groups (broad SMARTS) is 1. The number of benzene rings is 1. The molecule has 1 aromatic carbocycles. The summed E-state index contributed by atoms with van der Waals surface area (Å²) in [6, 6.07) is 5.25. The van der Waals surface area contributed by atoms with Crippen LogP contribution >= 0.6 is 46.3 Å². The van der Waals surface area contributed by atoms with Crippen LogP contribution < -0.4 is 9.44 Å². The zero-order valence-electron chi connectivity index (χ0n) is 15.0. The van der Waals surface area contributed by atoms with Gasteiger partial charge >= 0.3 is 5.97 Å². The fraction of sp³-hybridized carbons (Fsp3) is 0.188. The van der Waals surface area contributed by atoms with E-state index in [4.69, 9.17) is 23.2 Å². The maximum atomic E-state index is 13.1. The van der Waals surface area contributed by atoms with Crippen LogP contribution in [0.4, 0.5) is 11.4 Å². The zero-order chi connectivity index (χ0) is 22.3. The van der Waals surface area contributed by atoms with Gasteiger partial charge in [-0.15, -0.1) is 23.1 Å². The predicted octanol–water partition coefficient (Wildman–Crippen LogP) is 4.07. The normalized spacial score (nSPS) is 21.5. The van der Waals surface area contributed by atoms with Crippen LogP contribution in [0.1, 0.15) is 6.92 Å². The van der Waals surface area contributed by atoms with Crippen molar-refractivity contribution in [1.82, 2.24) is 0 Å². The summed E-state index contributed by atoms with van der Waals surface area (Å²) in [5, 5.41) is 11.0. The van der Waals surface area contributed by atoms with Gasteiger partial charge in [-0.25, -0.2) is 16.8 Å². The maximum absolute atomic E-state index is 13.1. The van der Waals surface area contributed by atoms with E-state index in [1.54, 1.807) is 11.4 Å². The highest BCUT2D eigenvalue weighted by Gasteiger charge is 2.51. The number of carbonyl (C=O) groups is 1. The SMILES string of the molecule is CC1(S(=O)(=O)Nc2cc(Cl)c(Cl)cc2NS(=O)(=O)c2cccs2)C=CSC1C(=O)O. The minimum Gasteiger partial charge on any atom is -0.480 e. The summed E-state index contributed by atoms with van der Waals surface area (Å²) in [5.74, 6) is -1.30. The molecule has 0 saturated carbocycles. The maximum Gasteiger partial charge on any atom is 0.319 e. The topological polar surface area (TPSA) is 130 Å². The highest BCUT2D eigenvalue weighted by atomic mass is 35.5. The molecule has 2 atom stereocenters. The summed E-state index contributed by atoms with van der Waals surface area (Å²) in [7, 11) is -8.36. The zero-order valence-corrected chi connectivity index (χ0v) is 19.8. The summed E-state index contributed by atoms with van der Waals surface area (Å²) >= 11 is 13.8. The van der Waals surface area contributed by atoms with E-state index >= 15 is 0 Å². The first kappa shape index (κ1) is 23.2. The number of halogens is 2. The fourth-order valence-electron chi connectivity index (χ4n) is 2.59. The Balaban J connectivity index is 2.03. The molecule has 14 heteroatoms. The molecule has 2 unspecified atom stereocenters. The molecule has 8 nitrogen and oxygen atoms in total. The molecule has 0 spiro atoms. The van der Waals surface area contributed by atoms with Crippen molar-refractivity contribution in [1.29, 1.82) is 0 Å². The lowest BCUT2D eigenvalue weighted by atomic mass is 10.1. The Morgan fingerprint density at radius 1 is 1.13 bits per heavy atom. The number of thioether (sulfide) groups is 1. The molecule has 162 valence electrons. The second-order valence-electron chi connectivity index (χ2n) is 6.30. The fourth-order valence-corrected chi connectivity index (χ4v) is 7.91. The summed E-state index contributed by atoms with van der Waals surface area (Å²) in [4.78, 5) is 11.5. The molecule has 0 bridgehead atoms. The first-order chi connectivity index (χ1) is 13.9. The Bertz CT molecular complexity index is 1230. The van der Waals surface area contributed by atoms with Crippen molar-refractivity contribution in [3.05, 3.63) is 51.2 Å². The van der Waals surface area contributed by atoms with E-state index in [0.717, 1.165) is 29.2 Å². The predicted molar refractivity (Wildman–Crippen MR) is 121 cm³/mol. The molecule has 3 rings (SSSR count). The highest BCUT2D eigenvalue weighted by molar-refractivity contribution is 8.05. The Morgan fingerprint density at radius 3 is 2.27 bits per heavy atom. The van der Waals surface area contributed by atoms with Gasteiger partial charge in [-0.3, -0.25) is 14.2 Å². The van der Waals surface area contributed by atoms with Gasteiger partial charge in [0.05, 0.1) is 21.4 Å². The van der Waals surface area contributed by atoms with E-state index in [2.05, 4.69) is 9.44 Å². The molecule has 0 aliphatic carbocycles. The molecule has 1 aliphatic heterocycles. The molecule has 30 heavy (non-hydrogen) atoms. The summed E-state index contributed by atoms with van der Waals surface area (Å²) in [6.07, 6.45) is 1.27. The van der Waals surface area contributed by atoms with Crippen molar-refractivity contribution in [2.24, 2.45) is 0 Å². The van der Waals surface area contributed by atoms with Crippen LogP contribution in [0.3, 0.4) is 0 Å². The second kappa shape index (κ2) is 8.24. The van der Waals surface area contributed by atoms with Gasteiger partial charge < -0.3 is 5.11 Å². The largest absolute Gasteiger partial charge is 0.480 e. The van der Waals surface area contributed by atoms with Crippen molar-refractivity contribution < 1.29 is 26.7 Å². The van der Waals surface area contributed by atoms with E-state index in [9.17, 15) is 26.7 Å². The Hall–Kier alpha value is -1.44. The standard InChI is InChI=1S/C16H14Cl2N2O6S4/c1-16(4-6-28-14(16)15(21)22)30(25,26)20-12-8-10(18)9(17)7-11(12)19-29(23,24)13-3-2-5-27-13/h2-8,14,19-20H,1H3,(H,21,22). The number of nitrogens with one attached hydrogen (secondary N) is 2. The van der Waals surface area contributed by atoms with Gasteiger partial charge in [0.15, 0.2) is 0 Å². The summed E-state index contributed by atoms with van der Waals surface area (Å²) in [5.41, 5.74) is -0.355. The minimum atomic E-state index is -4.34. The molecule has 2 aromatic rings. The van der Waals surface area contributed by atoms with Crippen molar-refractivity contribution in [2.45, 2.75) is 21.1 Å². The lowest BCUT2D eigenvalue weighted by Crippen LogP contribution is -2.48. The van der Waals surface area contributed by atoms with E-state index in [1.807, 2.05) is 0 Å². The molecule has 0 fully saturated rings. The third-order valence-corrected chi connectivity index (χ3v) is 11.2. The number of hydrogen-bond donors (Lipinski definition) is 3. The summed E-state index contributed by atoms with van der Waals surface area (Å²) in [6.45, 7) is 1.26. The first-order valence-corrected chi connectivity index (χ1v) is 13.6. The van der Waals surface area contributed by atoms with Crippen LogP contribution in [0.2, 0.25) is 10.0 Å². The van der Waals surface area contributed by atoms with Gasteiger partial charge in [0.25, 0.3) is 10.0 Å². The smallest absolute Gasteiger partial charge is 0.319 e. The van der Waals surface area contributed by atoms with Crippen molar-refractivity contribution in [3.63, 3.8) is 0 Å². The van der Waals surface area contributed by atoms with E-state index in [0.29, 0.717) is 0 Å². The van der Waals surface area contributed by atoms with Crippen molar-refractivity contribution in [3.8, 4) is 0 Å². The second-order valence-corrected chi connectivity index (χ2v) is 13.1. The quantitative estimate of drug-likeness (QED) is 0.493. The highest BCUT2D eigenvalue weighted by Crippen LogP contribution is 2.42. The molecule has 1 aromatic heterocycles. The Kier molecular flexibility index (Phi) is 6.38. The van der Waals surface area contributed by atoms with E-state index in [1.165, 1.54) is 30.5 Å². The molecular formula is C16H14Cl2N2O6S4. The van der Waals surface area contributed by atoms with Crippen LogP contribution in [0.15, 0.2) is 45.3 Å². The van der Waals surface area contributed by atoms with Crippen molar-refractivity contribution in [2.75, 3.05) is 9.44 Å². The van der Waals surface area contributed by atoms with Gasteiger partial charge in [0.2, 0.25) is 10.0 Å². The molecule has 0 saturated heterocycles. The third kappa shape index (κ3) is 4.30. The van der Waals surface area contributed by atoms with Gasteiger partial charge in [0.1, 0.15) is 14.2 Å². The van der Waals surface area contributed by atoms with Crippen LogP contribution in [0.5, 0.6) is 0 Å². The number of anilines is 2. The molecule has 0 amide bonds. The van der Waals surface area contributed by atoms with Gasteiger partial charge in [-0.2, -0.15) is 0 Å². The van der Waals surface area contributed by atoms with Crippen LogP contribution in [0.25, 0.3) is 0 Å². The van der Waals surface area contributed by atoms with E-state index in [-0.39, 0.29) is 25.6 Å². The molecule has 1 aliphatic rings. The Morgan fingerprint density at radius 2 is 1.73 bits per heavy atom. The number of sulfonamides is 2. The number of aliphatic carboxylic acids is 1. The molecule has 3 N–H and O–H groups in total. The lowest BCUT2D eigenvalue weighted by Gasteiger charge is -2.28. The third-order valence-electron chi connectivity index (χ3n) is 4.25. The average Bonchev–Trinajstić information content (AvgIpc) is 3.29. The lowest BCUT2D eigenvalue weighted by molar-refractivity contribution is -0.136.